The van der Waals surface area contributed by atoms with E-state index < -0.39 is 5.97 Å². The van der Waals surface area contributed by atoms with Crippen LogP contribution >= 0.6 is 0 Å². The SMILES string of the molecule is COC(=O)c1noc(C)c1C(=O)CCN1CCN(C(=O)c2ccccc2)CC1. The molecule has 1 saturated heterocycles. The van der Waals surface area contributed by atoms with Crippen LogP contribution in [0.1, 0.15) is 43.4 Å². The molecule has 1 fully saturated rings. The summed E-state index contributed by atoms with van der Waals surface area (Å²) in [6.45, 7) is 4.75. The topological polar surface area (TPSA) is 92.9 Å². The lowest BCUT2D eigenvalue weighted by molar-refractivity contribution is 0.0585. The number of aryl methyl sites for hydroxylation is 1. The number of aromatic nitrogens is 1. The van der Waals surface area contributed by atoms with Crippen molar-refractivity contribution in [1.29, 1.82) is 0 Å². The molecule has 1 aliphatic heterocycles. The number of piperazine rings is 1. The van der Waals surface area contributed by atoms with Gasteiger partial charge in [-0.2, -0.15) is 0 Å². The summed E-state index contributed by atoms with van der Waals surface area (Å²) >= 11 is 0. The lowest BCUT2D eigenvalue weighted by Gasteiger charge is -2.34. The molecule has 0 radical (unpaired) electrons. The highest BCUT2D eigenvalue weighted by molar-refractivity contribution is 6.05. The van der Waals surface area contributed by atoms with Gasteiger partial charge in [0.25, 0.3) is 5.91 Å². The van der Waals surface area contributed by atoms with Crippen LogP contribution in [0, 0.1) is 6.92 Å². The van der Waals surface area contributed by atoms with Gasteiger partial charge in [-0.1, -0.05) is 23.4 Å². The van der Waals surface area contributed by atoms with Crippen LogP contribution in [0.5, 0.6) is 0 Å². The van der Waals surface area contributed by atoms with Crippen LogP contribution in [-0.4, -0.2) is 72.4 Å². The largest absolute Gasteiger partial charge is 0.464 e. The summed E-state index contributed by atoms with van der Waals surface area (Å²) < 4.78 is 9.63. The minimum atomic E-state index is -0.687. The van der Waals surface area contributed by atoms with E-state index in [2.05, 4.69) is 14.8 Å². The van der Waals surface area contributed by atoms with Crippen LogP contribution in [0.15, 0.2) is 34.9 Å². The number of hydrogen-bond acceptors (Lipinski definition) is 7. The number of amides is 1. The standard InChI is InChI=1S/C20H23N3O5/c1-14-17(18(21-28-14)20(26)27-2)16(24)8-9-22-10-12-23(13-11-22)19(25)15-6-4-3-5-7-15/h3-7H,8-13H2,1-2H3. The summed E-state index contributed by atoms with van der Waals surface area (Å²) in [6, 6.07) is 9.21. The van der Waals surface area contributed by atoms with E-state index in [4.69, 9.17) is 4.52 Å². The predicted octanol–water partition coefficient (Wildman–Crippen LogP) is 1.80. The zero-order valence-corrected chi connectivity index (χ0v) is 16.0. The van der Waals surface area contributed by atoms with Crippen LogP contribution in [0.25, 0.3) is 0 Å². The lowest BCUT2D eigenvalue weighted by Crippen LogP contribution is -2.49. The minimum Gasteiger partial charge on any atom is -0.464 e. The predicted molar refractivity (Wildman–Crippen MR) is 100 cm³/mol. The number of carbonyl (C=O) groups is 3. The molecular weight excluding hydrogens is 362 g/mol. The fourth-order valence-corrected chi connectivity index (χ4v) is 3.26. The Morgan fingerprint density at radius 1 is 1.11 bits per heavy atom. The number of esters is 1. The maximum atomic E-state index is 12.6. The molecule has 1 aromatic heterocycles. The maximum absolute atomic E-state index is 12.6. The van der Waals surface area contributed by atoms with Crippen molar-refractivity contribution in [1.82, 2.24) is 15.0 Å². The second-order valence-corrected chi connectivity index (χ2v) is 6.63. The molecule has 3 rings (SSSR count). The Morgan fingerprint density at radius 2 is 1.79 bits per heavy atom. The van der Waals surface area contributed by atoms with E-state index in [1.165, 1.54) is 7.11 Å². The fraction of sp³-hybridized carbons (Fsp3) is 0.400. The number of carbonyl (C=O) groups excluding carboxylic acids is 3. The van der Waals surface area contributed by atoms with Gasteiger partial charge in [-0.3, -0.25) is 14.5 Å². The van der Waals surface area contributed by atoms with Crippen LogP contribution in [0.4, 0.5) is 0 Å². The van der Waals surface area contributed by atoms with Gasteiger partial charge in [-0.15, -0.1) is 0 Å². The van der Waals surface area contributed by atoms with Crippen molar-refractivity contribution < 1.29 is 23.6 Å². The summed E-state index contributed by atoms with van der Waals surface area (Å²) in [7, 11) is 1.23. The molecule has 0 bridgehead atoms. The van der Waals surface area contributed by atoms with E-state index in [1.807, 2.05) is 35.2 Å². The van der Waals surface area contributed by atoms with Crippen molar-refractivity contribution in [2.45, 2.75) is 13.3 Å². The highest BCUT2D eigenvalue weighted by Crippen LogP contribution is 2.17. The summed E-state index contributed by atoms with van der Waals surface area (Å²) in [5, 5.41) is 3.63. The molecular formula is C20H23N3O5. The van der Waals surface area contributed by atoms with E-state index in [0.29, 0.717) is 44.0 Å². The van der Waals surface area contributed by atoms with Crippen molar-refractivity contribution >= 4 is 17.7 Å². The van der Waals surface area contributed by atoms with Gasteiger partial charge in [0.2, 0.25) is 5.69 Å². The Morgan fingerprint density at radius 3 is 2.43 bits per heavy atom. The first-order valence-electron chi connectivity index (χ1n) is 9.15. The van der Waals surface area contributed by atoms with E-state index in [0.717, 1.165) is 0 Å². The number of ketones is 1. The van der Waals surface area contributed by atoms with Gasteiger partial charge in [-0.25, -0.2) is 4.79 Å². The molecule has 8 heteroatoms. The molecule has 1 aliphatic rings. The molecule has 0 spiro atoms. The monoisotopic (exact) mass is 385 g/mol. The van der Waals surface area contributed by atoms with E-state index in [1.54, 1.807) is 6.92 Å². The van der Waals surface area contributed by atoms with Gasteiger partial charge < -0.3 is 14.2 Å². The summed E-state index contributed by atoms with van der Waals surface area (Å²) in [4.78, 5) is 40.7. The molecule has 2 aromatic rings. The smallest absolute Gasteiger partial charge is 0.361 e. The number of nitrogens with zero attached hydrogens (tertiary/aromatic N) is 3. The Labute approximate surface area is 163 Å². The molecule has 28 heavy (non-hydrogen) atoms. The van der Waals surface area contributed by atoms with Crippen molar-refractivity contribution in [3.8, 4) is 0 Å². The van der Waals surface area contributed by atoms with Crippen LogP contribution < -0.4 is 0 Å². The third-order valence-electron chi connectivity index (χ3n) is 4.86. The Kier molecular flexibility index (Phi) is 6.20. The lowest BCUT2D eigenvalue weighted by atomic mass is 10.1. The normalized spacial score (nSPS) is 14.7. The third kappa shape index (κ3) is 4.28. The van der Waals surface area contributed by atoms with Gasteiger partial charge in [0.05, 0.1) is 12.7 Å². The van der Waals surface area contributed by atoms with Gasteiger partial charge >= 0.3 is 5.97 Å². The van der Waals surface area contributed by atoms with Crippen molar-refractivity contribution in [3.05, 3.63) is 52.9 Å². The highest BCUT2D eigenvalue weighted by atomic mass is 16.5. The second-order valence-electron chi connectivity index (χ2n) is 6.63. The average Bonchev–Trinajstić information content (AvgIpc) is 3.13. The van der Waals surface area contributed by atoms with E-state index in [-0.39, 0.29) is 29.4 Å². The Hall–Kier alpha value is -3.00. The second kappa shape index (κ2) is 8.79. The third-order valence-corrected chi connectivity index (χ3v) is 4.86. The maximum Gasteiger partial charge on any atom is 0.361 e. The number of hydrogen-bond donors (Lipinski definition) is 0. The van der Waals surface area contributed by atoms with E-state index >= 15 is 0 Å². The summed E-state index contributed by atoms with van der Waals surface area (Å²) in [5.41, 5.74) is 0.789. The zero-order valence-electron chi connectivity index (χ0n) is 16.0. The molecule has 0 N–H and O–H groups in total. The number of rotatable bonds is 6. The molecule has 0 aliphatic carbocycles. The first-order valence-corrected chi connectivity index (χ1v) is 9.15. The molecule has 0 unspecified atom stereocenters. The number of methoxy groups -OCH3 is 1. The van der Waals surface area contributed by atoms with Gasteiger partial charge in [0, 0.05) is 44.7 Å². The van der Waals surface area contributed by atoms with Gasteiger partial charge in [0.15, 0.2) is 5.78 Å². The molecule has 0 saturated carbocycles. The highest BCUT2D eigenvalue weighted by Gasteiger charge is 2.27. The average molecular weight is 385 g/mol. The summed E-state index contributed by atoms with van der Waals surface area (Å²) in [6.07, 6.45) is 0.235. The van der Waals surface area contributed by atoms with Crippen molar-refractivity contribution in [3.63, 3.8) is 0 Å². The van der Waals surface area contributed by atoms with Gasteiger partial charge in [-0.05, 0) is 19.1 Å². The molecule has 8 nitrogen and oxygen atoms in total. The Balaban J connectivity index is 1.52. The van der Waals surface area contributed by atoms with Crippen LogP contribution in [-0.2, 0) is 4.74 Å². The number of ether oxygens (including phenoxy) is 1. The van der Waals surface area contributed by atoms with Crippen molar-refractivity contribution in [2.24, 2.45) is 0 Å². The first-order chi connectivity index (χ1) is 13.5. The molecule has 148 valence electrons. The molecule has 2 heterocycles. The zero-order chi connectivity index (χ0) is 20.1. The van der Waals surface area contributed by atoms with Crippen LogP contribution in [0.2, 0.25) is 0 Å². The van der Waals surface area contributed by atoms with Gasteiger partial charge in [0.1, 0.15) is 5.76 Å². The fourth-order valence-electron chi connectivity index (χ4n) is 3.26. The van der Waals surface area contributed by atoms with Crippen molar-refractivity contribution in [2.75, 3.05) is 39.8 Å². The van der Waals surface area contributed by atoms with E-state index in [9.17, 15) is 14.4 Å². The first kappa shape index (κ1) is 19.8. The molecule has 0 atom stereocenters. The van der Waals surface area contributed by atoms with Crippen LogP contribution in [0.3, 0.4) is 0 Å². The quantitative estimate of drug-likeness (QED) is 0.553. The summed E-state index contributed by atoms with van der Waals surface area (Å²) in [5.74, 6) is -0.557. The molecule has 1 aromatic carbocycles. The molecule has 1 amide bonds. The number of Topliss-reactive ketones (excluding diaryl/α,β-unsaturated/α-hetero) is 1. The minimum absolute atomic E-state index is 0.0270. The number of benzene rings is 1. The Bertz CT molecular complexity index is 854.